The third-order valence-electron chi connectivity index (χ3n) is 6.40. The van der Waals surface area contributed by atoms with E-state index in [1.165, 1.54) is 37.6 Å². The van der Waals surface area contributed by atoms with Gasteiger partial charge in [-0.3, -0.25) is 0 Å². The van der Waals surface area contributed by atoms with Gasteiger partial charge in [-0.05, 0) is 99.0 Å². The zero-order valence-corrected chi connectivity index (χ0v) is 18.2. The van der Waals surface area contributed by atoms with Gasteiger partial charge in [0, 0.05) is 23.6 Å². The number of aryl methyl sites for hydroxylation is 1. The van der Waals surface area contributed by atoms with E-state index >= 15 is 0 Å². The number of aromatic nitrogens is 1. The van der Waals surface area contributed by atoms with Crippen molar-refractivity contribution in [3.8, 4) is 0 Å². The fourth-order valence-corrected chi connectivity index (χ4v) is 4.76. The van der Waals surface area contributed by atoms with Crippen LogP contribution in [0.25, 0.3) is 10.9 Å². The second kappa shape index (κ2) is 10.1. The van der Waals surface area contributed by atoms with Crippen LogP contribution in [0.4, 0.5) is 4.39 Å². The Hall–Kier alpha value is -2.66. The molecule has 0 radical (unpaired) electrons. The molecule has 2 heterocycles. The molecule has 3 aromatic rings. The van der Waals surface area contributed by atoms with Crippen LogP contribution in [0, 0.1) is 11.7 Å². The van der Waals surface area contributed by atoms with E-state index in [4.69, 9.17) is 4.74 Å². The minimum Gasteiger partial charge on any atom is -0.465 e. The number of aromatic amines is 1. The van der Waals surface area contributed by atoms with Crippen LogP contribution in [0.2, 0.25) is 0 Å². The fourth-order valence-electron chi connectivity index (χ4n) is 4.76. The number of H-pyrrole nitrogens is 1. The molecule has 1 atom stereocenters. The van der Waals surface area contributed by atoms with Crippen molar-refractivity contribution >= 4 is 16.9 Å². The van der Waals surface area contributed by atoms with Crippen molar-refractivity contribution in [2.75, 3.05) is 26.7 Å². The molecule has 4 rings (SSSR count). The number of carbonyl (C=O) groups excluding carboxylic acids is 1. The van der Waals surface area contributed by atoms with Crippen LogP contribution >= 0.6 is 0 Å². The number of halogens is 1. The molecule has 4 nitrogen and oxygen atoms in total. The summed E-state index contributed by atoms with van der Waals surface area (Å²) in [5.41, 5.74) is 4.14. The van der Waals surface area contributed by atoms with Crippen LogP contribution < -0.4 is 0 Å². The molecule has 31 heavy (non-hydrogen) atoms. The molecule has 164 valence electrons. The van der Waals surface area contributed by atoms with Crippen LogP contribution in [0.3, 0.4) is 0 Å². The molecule has 2 aromatic carbocycles. The Labute approximate surface area is 183 Å². The first-order valence-corrected chi connectivity index (χ1v) is 11.3. The number of fused-ring (bicyclic) bond motifs is 1. The number of carbonyl (C=O) groups is 1. The highest BCUT2D eigenvalue weighted by atomic mass is 19.1. The number of benzene rings is 2. The first kappa shape index (κ1) is 21.6. The highest BCUT2D eigenvalue weighted by molar-refractivity contribution is 5.95. The van der Waals surface area contributed by atoms with Gasteiger partial charge < -0.3 is 14.6 Å². The van der Waals surface area contributed by atoms with Gasteiger partial charge >= 0.3 is 5.97 Å². The topological polar surface area (TPSA) is 45.3 Å². The van der Waals surface area contributed by atoms with Crippen molar-refractivity contribution in [1.82, 2.24) is 9.88 Å². The summed E-state index contributed by atoms with van der Waals surface area (Å²) in [4.78, 5) is 17.7. The predicted molar refractivity (Wildman–Crippen MR) is 122 cm³/mol. The molecular formula is C26H31FN2O2. The number of hydrogen-bond acceptors (Lipinski definition) is 3. The lowest BCUT2D eigenvalue weighted by atomic mass is 9.91. The number of esters is 1. The van der Waals surface area contributed by atoms with E-state index in [-0.39, 0.29) is 11.8 Å². The summed E-state index contributed by atoms with van der Waals surface area (Å²) < 4.78 is 18.0. The average Bonchev–Trinajstić information content (AvgIpc) is 3.20. The number of rotatable bonds is 8. The number of likely N-dealkylation sites (tertiary alicyclic amines) is 1. The lowest BCUT2D eigenvalue weighted by Crippen LogP contribution is -2.36. The van der Waals surface area contributed by atoms with Gasteiger partial charge in [0.05, 0.1) is 12.7 Å². The van der Waals surface area contributed by atoms with Gasteiger partial charge in [-0.25, -0.2) is 9.18 Å². The molecule has 1 saturated heterocycles. The van der Waals surface area contributed by atoms with Crippen molar-refractivity contribution in [1.29, 1.82) is 0 Å². The van der Waals surface area contributed by atoms with Gasteiger partial charge in [-0.1, -0.05) is 12.1 Å². The van der Waals surface area contributed by atoms with Crippen molar-refractivity contribution in [2.24, 2.45) is 5.92 Å². The molecule has 5 heteroatoms. The Morgan fingerprint density at radius 3 is 2.84 bits per heavy atom. The monoisotopic (exact) mass is 422 g/mol. The highest BCUT2D eigenvalue weighted by Crippen LogP contribution is 2.24. The molecule has 0 spiro atoms. The maximum atomic E-state index is 13.1. The summed E-state index contributed by atoms with van der Waals surface area (Å²) in [6.07, 6.45) is 8.87. The second-order valence-electron chi connectivity index (χ2n) is 8.66. The van der Waals surface area contributed by atoms with Crippen LogP contribution in [0.5, 0.6) is 0 Å². The Morgan fingerprint density at radius 2 is 2.03 bits per heavy atom. The van der Waals surface area contributed by atoms with E-state index in [1.54, 1.807) is 18.2 Å². The van der Waals surface area contributed by atoms with Crippen LogP contribution in [-0.4, -0.2) is 42.6 Å². The second-order valence-corrected chi connectivity index (χ2v) is 8.66. The van der Waals surface area contributed by atoms with Gasteiger partial charge in [0.1, 0.15) is 5.82 Å². The molecule has 0 amide bonds. The van der Waals surface area contributed by atoms with E-state index < -0.39 is 0 Å². The number of nitrogens with one attached hydrogen (secondary N) is 1. The highest BCUT2D eigenvalue weighted by Gasteiger charge is 2.20. The lowest BCUT2D eigenvalue weighted by Gasteiger charge is -2.32. The largest absolute Gasteiger partial charge is 0.465 e. The Morgan fingerprint density at radius 1 is 1.19 bits per heavy atom. The average molecular weight is 423 g/mol. The standard InChI is InChI=1S/C26H31FN2O2/c1-31-26(30)21-9-12-25-24(16-21)22(17-28-25)6-2-3-13-29-14-4-5-20(18-29)15-19-7-10-23(27)11-8-19/h7-12,16-17,20,28H,2-6,13-15,18H2,1H3. The first-order valence-electron chi connectivity index (χ1n) is 11.3. The zero-order chi connectivity index (χ0) is 21.6. The minimum atomic E-state index is -0.297. The number of methoxy groups -OCH3 is 1. The van der Waals surface area contributed by atoms with E-state index in [9.17, 15) is 9.18 Å². The van der Waals surface area contributed by atoms with Crippen molar-refractivity contribution in [3.05, 3.63) is 71.2 Å². The Kier molecular flexibility index (Phi) is 7.03. The maximum absolute atomic E-state index is 13.1. The van der Waals surface area contributed by atoms with E-state index in [0.717, 1.165) is 49.7 Å². The molecule has 1 aliphatic heterocycles. The van der Waals surface area contributed by atoms with E-state index in [2.05, 4.69) is 16.1 Å². The lowest BCUT2D eigenvalue weighted by molar-refractivity contribution is 0.0601. The van der Waals surface area contributed by atoms with Crippen molar-refractivity contribution < 1.29 is 13.9 Å². The SMILES string of the molecule is COC(=O)c1ccc2[nH]cc(CCCCN3CCCC(Cc4ccc(F)cc4)C3)c2c1. The molecule has 1 aromatic heterocycles. The molecule has 1 fully saturated rings. The van der Waals surface area contributed by atoms with Gasteiger partial charge in [0.15, 0.2) is 0 Å². The van der Waals surface area contributed by atoms with E-state index in [0.29, 0.717) is 11.5 Å². The van der Waals surface area contributed by atoms with Crippen LogP contribution in [-0.2, 0) is 17.6 Å². The number of unbranched alkanes of at least 4 members (excludes halogenated alkanes) is 1. The first-order chi connectivity index (χ1) is 15.1. The maximum Gasteiger partial charge on any atom is 0.337 e. The van der Waals surface area contributed by atoms with Crippen LogP contribution in [0.1, 0.15) is 47.2 Å². The van der Waals surface area contributed by atoms with Gasteiger partial charge in [0.25, 0.3) is 0 Å². The molecule has 1 N–H and O–H groups in total. The third-order valence-corrected chi connectivity index (χ3v) is 6.40. The van der Waals surface area contributed by atoms with Crippen LogP contribution in [0.15, 0.2) is 48.7 Å². The predicted octanol–water partition coefficient (Wildman–Crippen LogP) is 5.37. The van der Waals surface area contributed by atoms with Gasteiger partial charge in [-0.2, -0.15) is 0 Å². The number of hydrogen-bond donors (Lipinski definition) is 1. The molecule has 1 unspecified atom stereocenters. The van der Waals surface area contributed by atoms with Gasteiger partial charge in [0.2, 0.25) is 0 Å². The number of ether oxygens (including phenoxy) is 1. The summed E-state index contributed by atoms with van der Waals surface area (Å²) in [6, 6.07) is 12.6. The zero-order valence-electron chi connectivity index (χ0n) is 18.2. The summed E-state index contributed by atoms with van der Waals surface area (Å²) in [6.45, 7) is 3.43. The molecule has 0 saturated carbocycles. The Bertz CT molecular complexity index is 1010. The summed E-state index contributed by atoms with van der Waals surface area (Å²) in [7, 11) is 1.41. The van der Waals surface area contributed by atoms with Gasteiger partial charge in [-0.15, -0.1) is 0 Å². The quantitative estimate of drug-likeness (QED) is 0.392. The number of nitrogens with zero attached hydrogens (tertiary/aromatic N) is 1. The van der Waals surface area contributed by atoms with Crippen molar-refractivity contribution in [3.63, 3.8) is 0 Å². The third kappa shape index (κ3) is 5.53. The van der Waals surface area contributed by atoms with Crippen molar-refractivity contribution in [2.45, 2.75) is 38.5 Å². The molecule has 0 aliphatic carbocycles. The van der Waals surface area contributed by atoms with E-state index in [1.807, 2.05) is 24.3 Å². The smallest absolute Gasteiger partial charge is 0.337 e. The number of piperidine rings is 1. The molecular weight excluding hydrogens is 391 g/mol. The minimum absolute atomic E-state index is 0.161. The fraction of sp³-hybridized carbons (Fsp3) is 0.423. The summed E-state index contributed by atoms with van der Waals surface area (Å²) in [5.74, 6) is 0.199. The summed E-state index contributed by atoms with van der Waals surface area (Å²) in [5, 5.41) is 1.11. The Balaban J connectivity index is 1.26. The molecule has 0 bridgehead atoms. The summed E-state index contributed by atoms with van der Waals surface area (Å²) >= 11 is 0. The molecule has 1 aliphatic rings. The normalized spacial score (nSPS) is 17.2.